The average Bonchev–Trinajstić information content (AvgIpc) is 3.05. The van der Waals surface area contributed by atoms with E-state index in [-0.39, 0.29) is 41.4 Å². The van der Waals surface area contributed by atoms with Gasteiger partial charge < -0.3 is 19.9 Å². The summed E-state index contributed by atoms with van der Waals surface area (Å²) in [5.74, 6) is 3.29. The second kappa shape index (κ2) is 10.1. The number of ether oxygens (including phenoxy) is 1. The zero-order chi connectivity index (χ0) is 16.9. The van der Waals surface area contributed by atoms with Crippen molar-refractivity contribution in [3.63, 3.8) is 0 Å². The smallest absolute Gasteiger partial charge is 0.308 e. The lowest BCUT2D eigenvalue weighted by atomic mass is 9.96. The molecule has 0 aromatic carbocycles. The van der Waals surface area contributed by atoms with Crippen LogP contribution in [0.4, 0.5) is 0 Å². The van der Waals surface area contributed by atoms with Crippen molar-refractivity contribution in [2.24, 2.45) is 10.9 Å². The van der Waals surface area contributed by atoms with Crippen molar-refractivity contribution in [2.45, 2.75) is 24.8 Å². The monoisotopic (exact) mass is 470 g/mol. The number of methoxy groups -OCH3 is 1. The maximum atomic E-state index is 11.6. The lowest BCUT2D eigenvalue weighted by molar-refractivity contribution is -0.146. The van der Waals surface area contributed by atoms with Crippen LogP contribution in [0, 0.1) is 5.92 Å². The van der Waals surface area contributed by atoms with Gasteiger partial charge in [-0.2, -0.15) is 11.8 Å². The molecule has 2 heterocycles. The molecule has 1 atom stereocenters. The van der Waals surface area contributed by atoms with Crippen LogP contribution in [0.1, 0.15) is 19.3 Å². The van der Waals surface area contributed by atoms with Gasteiger partial charge in [-0.15, -0.1) is 24.0 Å². The number of halogens is 1. The van der Waals surface area contributed by atoms with Gasteiger partial charge in [0.1, 0.15) is 0 Å². The fourth-order valence-electron chi connectivity index (χ4n) is 3.32. The molecule has 2 aliphatic heterocycles. The van der Waals surface area contributed by atoms with E-state index in [9.17, 15) is 4.79 Å². The molecule has 140 valence electrons. The summed E-state index contributed by atoms with van der Waals surface area (Å²) >= 11 is 2.02. The topological polar surface area (TPSA) is 57.2 Å². The molecule has 24 heavy (non-hydrogen) atoms. The fraction of sp³-hybridized carbons (Fsp3) is 0.875. The van der Waals surface area contributed by atoms with E-state index in [1.54, 1.807) is 0 Å². The van der Waals surface area contributed by atoms with E-state index in [4.69, 9.17) is 4.74 Å². The van der Waals surface area contributed by atoms with E-state index in [0.717, 1.165) is 44.2 Å². The van der Waals surface area contributed by atoms with Crippen LogP contribution in [0.5, 0.6) is 0 Å². The number of piperidine rings is 1. The molecule has 1 N–H and O–H groups in total. The number of likely N-dealkylation sites (N-methyl/N-ethyl adjacent to an activating group) is 1. The van der Waals surface area contributed by atoms with Crippen molar-refractivity contribution in [3.8, 4) is 0 Å². The largest absolute Gasteiger partial charge is 0.469 e. The number of hydrogen-bond acceptors (Lipinski definition) is 5. The first-order chi connectivity index (χ1) is 11.0. The molecule has 0 bridgehead atoms. The number of guanidine groups is 1. The number of esters is 1. The molecule has 2 fully saturated rings. The molecule has 0 aromatic rings. The Balaban J connectivity index is 0.00000288. The Morgan fingerprint density at radius 1 is 1.42 bits per heavy atom. The zero-order valence-electron chi connectivity index (χ0n) is 15.2. The van der Waals surface area contributed by atoms with Gasteiger partial charge in [0.2, 0.25) is 0 Å². The Kier molecular flexibility index (Phi) is 9.14. The van der Waals surface area contributed by atoms with Gasteiger partial charge >= 0.3 is 5.97 Å². The molecule has 0 radical (unpaired) electrons. The lowest BCUT2D eigenvalue weighted by Gasteiger charge is -2.38. The van der Waals surface area contributed by atoms with E-state index in [2.05, 4.69) is 34.2 Å². The lowest BCUT2D eigenvalue weighted by Crippen LogP contribution is -2.56. The molecule has 8 heteroatoms. The number of carbonyl (C=O) groups is 1. The maximum absolute atomic E-state index is 11.6. The van der Waals surface area contributed by atoms with Crippen molar-refractivity contribution in [2.75, 3.05) is 59.4 Å². The zero-order valence-corrected chi connectivity index (χ0v) is 18.4. The van der Waals surface area contributed by atoms with Crippen LogP contribution in [0.25, 0.3) is 0 Å². The van der Waals surface area contributed by atoms with Gasteiger partial charge in [-0.05, 0) is 39.1 Å². The van der Waals surface area contributed by atoms with Gasteiger partial charge in [0.25, 0.3) is 0 Å². The number of nitrogens with one attached hydrogen (secondary N) is 1. The molecule has 0 aromatic heterocycles. The normalized spacial score (nSPS) is 25.5. The summed E-state index contributed by atoms with van der Waals surface area (Å²) in [6.07, 6.45) is 2.88. The first kappa shape index (κ1) is 21.8. The van der Waals surface area contributed by atoms with Crippen LogP contribution in [0.15, 0.2) is 4.99 Å². The van der Waals surface area contributed by atoms with E-state index in [1.807, 2.05) is 18.8 Å². The summed E-state index contributed by atoms with van der Waals surface area (Å²) < 4.78 is 4.86. The van der Waals surface area contributed by atoms with E-state index in [1.165, 1.54) is 19.3 Å². The highest BCUT2D eigenvalue weighted by Crippen LogP contribution is 2.31. The number of nitrogens with zero attached hydrogens (tertiary/aromatic N) is 3. The van der Waals surface area contributed by atoms with Crippen molar-refractivity contribution in [3.05, 3.63) is 0 Å². The molecule has 0 aliphatic carbocycles. The highest BCUT2D eigenvalue weighted by molar-refractivity contribution is 14.0. The average molecular weight is 470 g/mol. The standard InChI is InChI=1S/C16H30N4O2S.HI/c1-17-15(18-11-16(19(2)3)7-10-23-12-16)20-8-5-13(6-9-20)14(21)22-4;/h13H,5-12H2,1-4H3,(H,17,18);1H. The number of hydrogen-bond donors (Lipinski definition) is 1. The third-order valence-corrected chi connectivity index (χ3v) is 6.38. The van der Waals surface area contributed by atoms with Crippen molar-refractivity contribution >= 4 is 47.7 Å². The Morgan fingerprint density at radius 3 is 2.54 bits per heavy atom. The molecule has 0 spiro atoms. The molecule has 2 aliphatic rings. The minimum Gasteiger partial charge on any atom is -0.469 e. The van der Waals surface area contributed by atoms with E-state index in [0.29, 0.717) is 0 Å². The van der Waals surface area contributed by atoms with Gasteiger partial charge in [-0.1, -0.05) is 0 Å². The van der Waals surface area contributed by atoms with E-state index >= 15 is 0 Å². The number of thioether (sulfide) groups is 1. The van der Waals surface area contributed by atoms with Gasteiger partial charge in [-0.25, -0.2) is 0 Å². The first-order valence-electron chi connectivity index (χ1n) is 8.31. The fourth-order valence-corrected chi connectivity index (χ4v) is 4.87. The summed E-state index contributed by atoms with van der Waals surface area (Å²) in [6.45, 7) is 2.61. The maximum Gasteiger partial charge on any atom is 0.308 e. The number of rotatable bonds is 4. The summed E-state index contributed by atoms with van der Waals surface area (Å²) in [4.78, 5) is 20.7. The molecular formula is C16H31IN4O2S. The Hall–Kier alpha value is -0.220. The molecule has 2 saturated heterocycles. The molecule has 1 unspecified atom stereocenters. The van der Waals surface area contributed by atoms with Gasteiger partial charge in [0.05, 0.1) is 13.0 Å². The van der Waals surface area contributed by atoms with Crippen LogP contribution < -0.4 is 5.32 Å². The van der Waals surface area contributed by atoms with Crippen LogP contribution in [-0.2, 0) is 9.53 Å². The van der Waals surface area contributed by atoms with Crippen molar-refractivity contribution in [1.29, 1.82) is 0 Å². The van der Waals surface area contributed by atoms with Crippen molar-refractivity contribution in [1.82, 2.24) is 15.1 Å². The van der Waals surface area contributed by atoms with E-state index < -0.39 is 0 Å². The second-order valence-corrected chi connectivity index (χ2v) is 7.71. The van der Waals surface area contributed by atoms with Crippen LogP contribution in [-0.4, -0.2) is 86.7 Å². The molecule has 2 rings (SSSR count). The summed E-state index contributed by atoms with van der Waals surface area (Å²) in [5, 5.41) is 3.57. The highest BCUT2D eigenvalue weighted by atomic mass is 127. The quantitative estimate of drug-likeness (QED) is 0.291. The minimum atomic E-state index is -0.0814. The minimum absolute atomic E-state index is 0. The molecule has 0 saturated carbocycles. The van der Waals surface area contributed by atoms with Crippen LogP contribution in [0.2, 0.25) is 0 Å². The highest BCUT2D eigenvalue weighted by Gasteiger charge is 2.37. The van der Waals surface area contributed by atoms with Gasteiger partial charge in [0, 0.05) is 38.0 Å². The SMILES string of the molecule is CN=C(NCC1(N(C)C)CCSC1)N1CCC(C(=O)OC)CC1.I. The third kappa shape index (κ3) is 5.14. The molecule has 6 nitrogen and oxygen atoms in total. The molecule has 0 amide bonds. The van der Waals surface area contributed by atoms with Gasteiger partial charge in [0.15, 0.2) is 5.96 Å². The number of aliphatic imine (C=N–C) groups is 1. The Morgan fingerprint density at radius 2 is 2.08 bits per heavy atom. The third-order valence-electron chi connectivity index (χ3n) is 5.15. The second-order valence-electron chi connectivity index (χ2n) is 6.61. The summed E-state index contributed by atoms with van der Waals surface area (Å²) in [7, 11) is 7.63. The first-order valence-corrected chi connectivity index (χ1v) is 9.46. The molecular weight excluding hydrogens is 439 g/mol. The Bertz CT molecular complexity index is 434. The van der Waals surface area contributed by atoms with Gasteiger partial charge in [-0.3, -0.25) is 9.79 Å². The predicted octanol–water partition coefficient (Wildman–Crippen LogP) is 1.50. The summed E-state index contributed by atoms with van der Waals surface area (Å²) in [6, 6.07) is 0. The summed E-state index contributed by atoms with van der Waals surface area (Å²) in [5.41, 5.74) is 0.213. The van der Waals surface area contributed by atoms with Crippen molar-refractivity contribution < 1.29 is 9.53 Å². The number of likely N-dealkylation sites (tertiary alicyclic amines) is 1. The van der Waals surface area contributed by atoms with Crippen LogP contribution >= 0.6 is 35.7 Å². The Labute approximate surface area is 167 Å². The van der Waals surface area contributed by atoms with Crippen LogP contribution in [0.3, 0.4) is 0 Å². The predicted molar refractivity (Wildman–Crippen MR) is 111 cm³/mol. The number of carbonyl (C=O) groups excluding carboxylic acids is 1.